The lowest BCUT2D eigenvalue weighted by Gasteiger charge is -2.31. The number of aliphatic hydroxyl groups excluding tert-OH is 1. The zero-order valence-corrected chi connectivity index (χ0v) is 13.3. The zero-order valence-electron chi connectivity index (χ0n) is 13.3. The number of rotatable bonds is 8. The Morgan fingerprint density at radius 1 is 1.20 bits per heavy atom. The highest BCUT2D eigenvalue weighted by Crippen LogP contribution is 2.29. The van der Waals surface area contributed by atoms with Crippen molar-refractivity contribution in [1.29, 1.82) is 0 Å². The molecule has 0 aromatic rings. The van der Waals surface area contributed by atoms with Crippen LogP contribution in [-0.4, -0.2) is 36.8 Å². The molecule has 118 valence electrons. The van der Waals surface area contributed by atoms with Crippen LogP contribution in [0.1, 0.15) is 52.9 Å². The van der Waals surface area contributed by atoms with Crippen LogP contribution in [0.5, 0.6) is 0 Å². The summed E-state index contributed by atoms with van der Waals surface area (Å²) in [5.74, 6) is 1.63. The maximum absolute atomic E-state index is 11.9. The first kappa shape index (κ1) is 17.4. The van der Waals surface area contributed by atoms with Gasteiger partial charge in [-0.3, -0.25) is 4.79 Å². The highest BCUT2D eigenvalue weighted by Gasteiger charge is 2.25. The molecule has 1 amide bonds. The standard InChI is InChI=1S/C16H32N2O2/c1-12(2)8-9-17-16(20)13(3)18-10-14-6-4-5-7-15(14)11-19/h12-15,18-19H,4-11H2,1-3H3,(H,17,20). The molecule has 1 rings (SSSR count). The molecule has 20 heavy (non-hydrogen) atoms. The smallest absolute Gasteiger partial charge is 0.236 e. The molecule has 0 saturated heterocycles. The van der Waals surface area contributed by atoms with E-state index in [-0.39, 0.29) is 18.6 Å². The monoisotopic (exact) mass is 284 g/mol. The summed E-state index contributed by atoms with van der Waals surface area (Å²) in [6.07, 6.45) is 5.79. The minimum atomic E-state index is -0.150. The number of hydrogen-bond acceptors (Lipinski definition) is 3. The number of hydrogen-bond donors (Lipinski definition) is 3. The van der Waals surface area contributed by atoms with Crippen LogP contribution in [0.25, 0.3) is 0 Å². The fourth-order valence-electron chi connectivity index (χ4n) is 2.85. The van der Waals surface area contributed by atoms with E-state index in [2.05, 4.69) is 24.5 Å². The number of carbonyl (C=O) groups is 1. The summed E-state index contributed by atoms with van der Waals surface area (Å²) in [6, 6.07) is -0.150. The Hall–Kier alpha value is -0.610. The van der Waals surface area contributed by atoms with Crippen LogP contribution in [0.2, 0.25) is 0 Å². The molecule has 1 fully saturated rings. The maximum atomic E-state index is 11.9. The number of amides is 1. The first-order chi connectivity index (χ1) is 9.54. The molecule has 1 aliphatic rings. The van der Waals surface area contributed by atoms with Gasteiger partial charge in [-0.25, -0.2) is 0 Å². The van der Waals surface area contributed by atoms with E-state index in [4.69, 9.17) is 0 Å². The Kier molecular flexibility index (Phi) is 8.15. The molecular formula is C16H32N2O2. The third-order valence-electron chi connectivity index (χ3n) is 4.40. The largest absolute Gasteiger partial charge is 0.396 e. The summed E-state index contributed by atoms with van der Waals surface area (Å²) in [7, 11) is 0. The van der Waals surface area contributed by atoms with Crippen LogP contribution in [0.15, 0.2) is 0 Å². The predicted octanol–water partition coefficient (Wildman–Crippen LogP) is 1.93. The van der Waals surface area contributed by atoms with Crippen LogP contribution in [0.4, 0.5) is 0 Å². The van der Waals surface area contributed by atoms with Gasteiger partial charge in [0.2, 0.25) is 5.91 Å². The molecule has 3 unspecified atom stereocenters. The predicted molar refractivity (Wildman–Crippen MR) is 82.5 cm³/mol. The van der Waals surface area contributed by atoms with E-state index in [1.807, 2.05) is 6.92 Å². The maximum Gasteiger partial charge on any atom is 0.236 e. The van der Waals surface area contributed by atoms with E-state index < -0.39 is 0 Å². The fourth-order valence-corrected chi connectivity index (χ4v) is 2.85. The fraction of sp³-hybridized carbons (Fsp3) is 0.938. The summed E-state index contributed by atoms with van der Waals surface area (Å²) < 4.78 is 0. The third-order valence-corrected chi connectivity index (χ3v) is 4.40. The van der Waals surface area contributed by atoms with Gasteiger partial charge in [0.1, 0.15) is 0 Å². The van der Waals surface area contributed by atoms with Crippen LogP contribution in [0.3, 0.4) is 0 Å². The van der Waals surface area contributed by atoms with Gasteiger partial charge in [0.05, 0.1) is 6.04 Å². The molecule has 0 heterocycles. The number of carbonyl (C=O) groups excluding carboxylic acids is 1. The van der Waals surface area contributed by atoms with Crippen molar-refractivity contribution in [3.63, 3.8) is 0 Å². The van der Waals surface area contributed by atoms with Gasteiger partial charge in [-0.1, -0.05) is 26.7 Å². The molecule has 1 saturated carbocycles. The summed E-state index contributed by atoms with van der Waals surface area (Å²) in [5.41, 5.74) is 0. The van der Waals surface area contributed by atoms with Crippen molar-refractivity contribution >= 4 is 5.91 Å². The first-order valence-electron chi connectivity index (χ1n) is 8.16. The highest BCUT2D eigenvalue weighted by atomic mass is 16.3. The Bertz CT molecular complexity index is 282. The second kappa shape index (κ2) is 9.35. The normalized spacial score (nSPS) is 24.6. The minimum Gasteiger partial charge on any atom is -0.396 e. The first-order valence-corrected chi connectivity index (χ1v) is 8.16. The van der Waals surface area contributed by atoms with E-state index >= 15 is 0 Å². The summed E-state index contributed by atoms with van der Waals surface area (Å²) in [6.45, 7) is 8.11. The van der Waals surface area contributed by atoms with Crippen LogP contribution in [-0.2, 0) is 4.79 Å². The second-order valence-electron chi connectivity index (χ2n) is 6.59. The van der Waals surface area contributed by atoms with Gasteiger partial charge in [0, 0.05) is 13.2 Å². The molecular weight excluding hydrogens is 252 g/mol. The van der Waals surface area contributed by atoms with E-state index in [9.17, 15) is 9.90 Å². The zero-order chi connectivity index (χ0) is 15.0. The van der Waals surface area contributed by atoms with Crippen LogP contribution in [0, 0.1) is 17.8 Å². The molecule has 3 N–H and O–H groups in total. The molecule has 1 aliphatic carbocycles. The van der Waals surface area contributed by atoms with Crippen LogP contribution >= 0.6 is 0 Å². The lowest BCUT2D eigenvalue weighted by molar-refractivity contribution is -0.122. The lowest BCUT2D eigenvalue weighted by Crippen LogP contribution is -2.45. The van der Waals surface area contributed by atoms with Crippen molar-refractivity contribution < 1.29 is 9.90 Å². The Morgan fingerprint density at radius 2 is 1.85 bits per heavy atom. The number of aliphatic hydroxyl groups is 1. The Balaban J connectivity index is 2.23. The summed E-state index contributed by atoms with van der Waals surface area (Å²) >= 11 is 0. The Labute approximate surface area is 123 Å². The van der Waals surface area contributed by atoms with Gasteiger partial charge in [-0.05, 0) is 50.5 Å². The van der Waals surface area contributed by atoms with Crippen molar-refractivity contribution in [2.45, 2.75) is 58.9 Å². The molecule has 4 nitrogen and oxygen atoms in total. The topological polar surface area (TPSA) is 61.4 Å². The number of nitrogens with one attached hydrogen (secondary N) is 2. The van der Waals surface area contributed by atoms with Crippen molar-refractivity contribution in [2.75, 3.05) is 19.7 Å². The Morgan fingerprint density at radius 3 is 2.45 bits per heavy atom. The van der Waals surface area contributed by atoms with Crippen molar-refractivity contribution in [3.05, 3.63) is 0 Å². The van der Waals surface area contributed by atoms with Crippen molar-refractivity contribution in [3.8, 4) is 0 Å². The SMILES string of the molecule is CC(C)CCNC(=O)C(C)NCC1CCCCC1CO. The van der Waals surface area contributed by atoms with Gasteiger partial charge >= 0.3 is 0 Å². The average molecular weight is 284 g/mol. The van der Waals surface area contributed by atoms with E-state index in [1.54, 1.807) is 0 Å². The molecule has 0 bridgehead atoms. The summed E-state index contributed by atoms with van der Waals surface area (Å²) in [5, 5.41) is 15.7. The third kappa shape index (κ3) is 6.23. The second-order valence-corrected chi connectivity index (χ2v) is 6.59. The molecule has 4 heteroatoms. The minimum absolute atomic E-state index is 0.0852. The van der Waals surface area contributed by atoms with Crippen molar-refractivity contribution in [1.82, 2.24) is 10.6 Å². The van der Waals surface area contributed by atoms with Gasteiger partial charge in [0.15, 0.2) is 0 Å². The molecule has 0 radical (unpaired) electrons. The highest BCUT2D eigenvalue weighted by molar-refractivity contribution is 5.81. The van der Waals surface area contributed by atoms with Crippen LogP contribution < -0.4 is 10.6 Å². The molecule has 0 aromatic carbocycles. The molecule has 3 atom stereocenters. The summed E-state index contributed by atoms with van der Waals surface area (Å²) in [4.78, 5) is 11.9. The van der Waals surface area contributed by atoms with E-state index in [0.29, 0.717) is 17.8 Å². The van der Waals surface area contributed by atoms with E-state index in [0.717, 1.165) is 25.9 Å². The van der Waals surface area contributed by atoms with Gasteiger partial charge in [-0.15, -0.1) is 0 Å². The quantitative estimate of drug-likeness (QED) is 0.638. The van der Waals surface area contributed by atoms with Gasteiger partial charge < -0.3 is 15.7 Å². The lowest BCUT2D eigenvalue weighted by atomic mass is 9.79. The molecule has 0 spiro atoms. The molecule has 0 aromatic heterocycles. The van der Waals surface area contributed by atoms with Gasteiger partial charge in [-0.2, -0.15) is 0 Å². The van der Waals surface area contributed by atoms with E-state index in [1.165, 1.54) is 19.3 Å². The average Bonchev–Trinajstić information content (AvgIpc) is 2.44. The van der Waals surface area contributed by atoms with Gasteiger partial charge in [0.25, 0.3) is 0 Å². The molecule has 0 aliphatic heterocycles. The van der Waals surface area contributed by atoms with Crippen molar-refractivity contribution in [2.24, 2.45) is 17.8 Å².